The molecule has 1 saturated heterocycles. The van der Waals surface area contributed by atoms with Crippen LogP contribution in [0.5, 0.6) is 5.75 Å². The van der Waals surface area contributed by atoms with Crippen molar-refractivity contribution in [2.24, 2.45) is 0 Å². The summed E-state index contributed by atoms with van der Waals surface area (Å²) >= 11 is 0. The molecule has 7 heteroatoms. The number of nitro groups is 1. The number of nitrogens with zero attached hydrogens (tertiary/aromatic N) is 2. The minimum atomic E-state index is -0.382. The van der Waals surface area contributed by atoms with Crippen LogP contribution in [0.25, 0.3) is 0 Å². The highest BCUT2D eigenvalue weighted by molar-refractivity contribution is 5.64. The van der Waals surface area contributed by atoms with E-state index in [1.165, 1.54) is 6.07 Å². The summed E-state index contributed by atoms with van der Waals surface area (Å²) in [6.07, 6.45) is 0. The van der Waals surface area contributed by atoms with Gasteiger partial charge >= 0.3 is 0 Å². The molecule has 1 aliphatic rings. The monoisotopic (exact) mass is 280 g/mol. The van der Waals surface area contributed by atoms with Crippen molar-refractivity contribution in [3.8, 4) is 5.75 Å². The molecule has 2 N–H and O–H groups in total. The fraction of sp³-hybridized carbons (Fsp3) is 0.538. The number of hydrogen-bond acceptors (Lipinski definition) is 6. The van der Waals surface area contributed by atoms with E-state index in [9.17, 15) is 10.1 Å². The molecule has 0 aromatic heterocycles. The maximum atomic E-state index is 11.0. The third-order valence-corrected chi connectivity index (χ3v) is 3.35. The lowest BCUT2D eigenvalue weighted by molar-refractivity contribution is -0.384. The molecular formula is C13H20N4O3. The molecule has 1 aromatic rings. The van der Waals surface area contributed by atoms with Crippen molar-refractivity contribution in [1.82, 2.24) is 10.2 Å². The average molecular weight is 280 g/mol. The van der Waals surface area contributed by atoms with E-state index in [1.807, 2.05) is 0 Å². The van der Waals surface area contributed by atoms with Gasteiger partial charge in [-0.15, -0.1) is 0 Å². The highest BCUT2D eigenvalue weighted by Gasteiger charge is 2.15. The van der Waals surface area contributed by atoms with Gasteiger partial charge in [0, 0.05) is 51.4 Å². The molecule has 1 fully saturated rings. The van der Waals surface area contributed by atoms with Crippen molar-refractivity contribution in [3.63, 3.8) is 0 Å². The van der Waals surface area contributed by atoms with Crippen LogP contribution in [0, 0.1) is 10.1 Å². The van der Waals surface area contributed by atoms with E-state index >= 15 is 0 Å². The van der Waals surface area contributed by atoms with Gasteiger partial charge in [0.05, 0.1) is 12.0 Å². The number of piperazine rings is 1. The number of hydrogen-bond donors (Lipinski definition) is 2. The van der Waals surface area contributed by atoms with Gasteiger partial charge in [-0.2, -0.15) is 0 Å². The van der Waals surface area contributed by atoms with Crippen molar-refractivity contribution in [1.29, 1.82) is 0 Å². The smallest absolute Gasteiger partial charge is 0.292 e. The van der Waals surface area contributed by atoms with Crippen LogP contribution in [0.2, 0.25) is 0 Å². The zero-order valence-electron chi connectivity index (χ0n) is 11.6. The van der Waals surface area contributed by atoms with Crippen LogP contribution in [0.4, 0.5) is 11.4 Å². The molecule has 0 radical (unpaired) electrons. The van der Waals surface area contributed by atoms with E-state index in [1.54, 1.807) is 19.2 Å². The molecule has 0 spiro atoms. The number of benzene rings is 1. The molecule has 0 bridgehead atoms. The normalized spacial score (nSPS) is 15.8. The van der Waals surface area contributed by atoms with E-state index in [0.29, 0.717) is 18.0 Å². The Kier molecular flexibility index (Phi) is 5.14. The van der Waals surface area contributed by atoms with Gasteiger partial charge in [0.15, 0.2) is 0 Å². The van der Waals surface area contributed by atoms with E-state index in [-0.39, 0.29) is 10.6 Å². The lowest BCUT2D eigenvalue weighted by Crippen LogP contribution is -2.45. The third-order valence-electron chi connectivity index (χ3n) is 3.35. The summed E-state index contributed by atoms with van der Waals surface area (Å²) in [6, 6.07) is 4.72. The number of ether oxygens (including phenoxy) is 1. The van der Waals surface area contributed by atoms with Crippen molar-refractivity contribution in [2.45, 2.75) is 0 Å². The zero-order chi connectivity index (χ0) is 14.4. The Labute approximate surface area is 118 Å². The maximum Gasteiger partial charge on any atom is 0.292 e. The first-order valence-corrected chi connectivity index (χ1v) is 6.70. The van der Waals surface area contributed by atoms with Crippen molar-refractivity contribution in [2.75, 3.05) is 51.7 Å². The number of nitro benzene ring substituents is 1. The molecule has 0 aliphatic carbocycles. The first-order chi connectivity index (χ1) is 9.70. The van der Waals surface area contributed by atoms with E-state index in [2.05, 4.69) is 15.5 Å². The average Bonchev–Trinajstić information content (AvgIpc) is 2.48. The molecule has 0 atom stereocenters. The number of anilines is 1. The molecule has 0 saturated carbocycles. The van der Waals surface area contributed by atoms with Crippen molar-refractivity contribution >= 4 is 11.4 Å². The van der Waals surface area contributed by atoms with Crippen LogP contribution in [0.1, 0.15) is 0 Å². The molecule has 0 unspecified atom stereocenters. The minimum Gasteiger partial charge on any atom is -0.497 e. The van der Waals surface area contributed by atoms with Gasteiger partial charge in [-0.05, 0) is 6.07 Å². The van der Waals surface area contributed by atoms with Gasteiger partial charge in [0.1, 0.15) is 11.4 Å². The quantitative estimate of drug-likeness (QED) is 0.596. The van der Waals surface area contributed by atoms with Gasteiger partial charge in [-0.25, -0.2) is 0 Å². The lowest BCUT2D eigenvalue weighted by atomic mass is 10.2. The number of rotatable bonds is 6. The molecule has 7 nitrogen and oxygen atoms in total. The highest BCUT2D eigenvalue weighted by Crippen LogP contribution is 2.28. The Balaban J connectivity index is 1.94. The fourth-order valence-electron chi connectivity index (χ4n) is 2.23. The second-order valence-corrected chi connectivity index (χ2v) is 4.66. The third kappa shape index (κ3) is 3.82. The van der Waals surface area contributed by atoms with Gasteiger partial charge in [0.2, 0.25) is 0 Å². The Hall–Kier alpha value is -1.86. The fourth-order valence-corrected chi connectivity index (χ4v) is 2.23. The topological polar surface area (TPSA) is 79.7 Å². The largest absolute Gasteiger partial charge is 0.497 e. The Bertz CT molecular complexity index is 461. The molecular weight excluding hydrogens is 260 g/mol. The Morgan fingerprint density at radius 1 is 1.45 bits per heavy atom. The Morgan fingerprint density at radius 3 is 2.85 bits per heavy atom. The van der Waals surface area contributed by atoms with Crippen LogP contribution in [-0.4, -0.2) is 56.2 Å². The van der Waals surface area contributed by atoms with Crippen LogP contribution in [-0.2, 0) is 0 Å². The Morgan fingerprint density at radius 2 is 2.20 bits per heavy atom. The van der Waals surface area contributed by atoms with E-state index < -0.39 is 0 Å². The summed E-state index contributed by atoms with van der Waals surface area (Å²) in [7, 11) is 1.55. The van der Waals surface area contributed by atoms with Crippen LogP contribution >= 0.6 is 0 Å². The second kappa shape index (κ2) is 7.06. The van der Waals surface area contributed by atoms with Crippen LogP contribution in [0.15, 0.2) is 18.2 Å². The zero-order valence-corrected chi connectivity index (χ0v) is 11.6. The maximum absolute atomic E-state index is 11.0. The van der Waals surface area contributed by atoms with Gasteiger partial charge < -0.3 is 15.4 Å². The van der Waals surface area contributed by atoms with E-state index in [0.717, 1.165) is 32.7 Å². The summed E-state index contributed by atoms with van der Waals surface area (Å²) < 4.78 is 5.10. The van der Waals surface area contributed by atoms with Gasteiger partial charge in [0.25, 0.3) is 5.69 Å². The van der Waals surface area contributed by atoms with Crippen LogP contribution in [0.3, 0.4) is 0 Å². The van der Waals surface area contributed by atoms with Crippen LogP contribution < -0.4 is 15.4 Å². The second-order valence-electron chi connectivity index (χ2n) is 4.66. The van der Waals surface area contributed by atoms with Gasteiger partial charge in [-0.3, -0.25) is 15.0 Å². The highest BCUT2D eigenvalue weighted by atomic mass is 16.6. The first-order valence-electron chi connectivity index (χ1n) is 6.70. The summed E-state index contributed by atoms with van der Waals surface area (Å²) in [5.41, 5.74) is 0.579. The lowest BCUT2D eigenvalue weighted by Gasteiger charge is -2.27. The summed E-state index contributed by atoms with van der Waals surface area (Å²) in [5, 5.41) is 17.4. The van der Waals surface area contributed by atoms with Crippen molar-refractivity contribution < 1.29 is 9.66 Å². The summed E-state index contributed by atoms with van der Waals surface area (Å²) in [6.45, 7) is 5.58. The summed E-state index contributed by atoms with van der Waals surface area (Å²) in [4.78, 5) is 12.9. The molecule has 1 heterocycles. The standard InChI is InChI=1S/C13H20N4O3/c1-20-11-2-3-13(17(18)19)12(10-11)15-6-9-16-7-4-14-5-8-16/h2-3,10,14-15H,4-9H2,1H3. The molecule has 0 amide bonds. The molecule has 2 rings (SSSR count). The molecule has 1 aromatic carbocycles. The van der Waals surface area contributed by atoms with Gasteiger partial charge in [-0.1, -0.05) is 0 Å². The molecule has 110 valence electrons. The predicted octanol–water partition coefficient (Wildman–Crippen LogP) is 0.920. The van der Waals surface area contributed by atoms with Crippen molar-refractivity contribution in [3.05, 3.63) is 28.3 Å². The SMILES string of the molecule is COc1ccc([N+](=O)[O-])c(NCCN2CCNCC2)c1. The summed E-state index contributed by atoms with van der Waals surface area (Å²) in [5.74, 6) is 0.611. The number of methoxy groups -OCH3 is 1. The predicted molar refractivity (Wildman–Crippen MR) is 77.4 cm³/mol. The molecule has 1 aliphatic heterocycles. The first kappa shape index (κ1) is 14.5. The number of nitrogens with one attached hydrogen (secondary N) is 2. The minimum absolute atomic E-state index is 0.0751. The van der Waals surface area contributed by atoms with E-state index in [4.69, 9.17) is 4.74 Å². The molecule has 20 heavy (non-hydrogen) atoms.